The van der Waals surface area contributed by atoms with Crippen molar-refractivity contribution < 1.29 is 13.6 Å². The van der Waals surface area contributed by atoms with Gasteiger partial charge in [0, 0.05) is 5.02 Å². The number of carbonyl (C=O) groups excluding carboxylic acids is 1. The SMILES string of the molecule is O=C(CSc1nnc(-c2ccco2)n1Cc1ccccc1)Nc1cc(Cl)ccc1F. The van der Waals surface area contributed by atoms with Crippen LogP contribution in [-0.2, 0) is 11.3 Å². The maximum absolute atomic E-state index is 13.8. The van der Waals surface area contributed by atoms with E-state index in [9.17, 15) is 9.18 Å². The first-order valence-electron chi connectivity index (χ1n) is 8.99. The standard InChI is InChI=1S/C21H16ClFN4O2S/c22-15-8-9-16(23)17(11-15)24-19(28)13-30-21-26-25-20(18-7-4-10-29-18)27(21)12-14-5-2-1-3-6-14/h1-11H,12-13H2,(H,24,28). The lowest BCUT2D eigenvalue weighted by molar-refractivity contribution is -0.113. The van der Waals surface area contributed by atoms with Gasteiger partial charge in [-0.25, -0.2) is 4.39 Å². The minimum absolute atomic E-state index is 0.0248. The lowest BCUT2D eigenvalue weighted by Crippen LogP contribution is -2.15. The molecule has 0 saturated heterocycles. The van der Waals surface area contributed by atoms with Gasteiger partial charge in [-0.15, -0.1) is 10.2 Å². The number of nitrogens with one attached hydrogen (secondary N) is 1. The second-order valence-electron chi connectivity index (χ2n) is 6.32. The molecular weight excluding hydrogens is 427 g/mol. The molecule has 0 atom stereocenters. The van der Waals surface area contributed by atoms with Gasteiger partial charge in [0.2, 0.25) is 11.7 Å². The summed E-state index contributed by atoms with van der Waals surface area (Å²) in [5, 5.41) is 11.9. The summed E-state index contributed by atoms with van der Waals surface area (Å²) in [5.41, 5.74) is 1.09. The Bertz CT molecular complexity index is 1150. The first kappa shape index (κ1) is 20.2. The normalized spacial score (nSPS) is 10.9. The van der Waals surface area contributed by atoms with Gasteiger partial charge in [-0.1, -0.05) is 53.7 Å². The van der Waals surface area contributed by atoms with E-state index in [0.717, 1.165) is 5.56 Å². The largest absolute Gasteiger partial charge is 0.461 e. The summed E-state index contributed by atoms with van der Waals surface area (Å²) in [4.78, 5) is 12.3. The molecule has 0 aliphatic heterocycles. The van der Waals surface area contributed by atoms with Crippen LogP contribution >= 0.6 is 23.4 Å². The lowest BCUT2D eigenvalue weighted by Gasteiger charge is -2.10. The van der Waals surface area contributed by atoms with Crippen LogP contribution in [0, 0.1) is 5.82 Å². The molecule has 0 radical (unpaired) electrons. The molecule has 4 rings (SSSR count). The second-order valence-corrected chi connectivity index (χ2v) is 7.70. The summed E-state index contributed by atoms with van der Waals surface area (Å²) in [6.45, 7) is 0.511. The fourth-order valence-corrected chi connectivity index (χ4v) is 3.71. The van der Waals surface area contributed by atoms with Crippen molar-refractivity contribution in [3.8, 4) is 11.6 Å². The van der Waals surface area contributed by atoms with Crippen molar-refractivity contribution in [2.45, 2.75) is 11.7 Å². The summed E-state index contributed by atoms with van der Waals surface area (Å²) >= 11 is 7.07. The number of hydrogen-bond donors (Lipinski definition) is 1. The number of furan rings is 1. The third kappa shape index (κ3) is 4.72. The molecule has 2 heterocycles. The molecule has 0 saturated carbocycles. The number of thioether (sulfide) groups is 1. The van der Waals surface area contributed by atoms with Crippen LogP contribution in [0.1, 0.15) is 5.56 Å². The van der Waals surface area contributed by atoms with E-state index in [1.54, 1.807) is 18.4 Å². The summed E-state index contributed by atoms with van der Waals surface area (Å²) < 4.78 is 21.2. The topological polar surface area (TPSA) is 73.0 Å². The van der Waals surface area contributed by atoms with Crippen LogP contribution in [0.3, 0.4) is 0 Å². The van der Waals surface area contributed by atoms with Crippen LogP contribution in [0.25, 0.3) is 11.6 Å². The Balaban J connectivity index is 1.52. The molecule has 0 aliphatic rings. The summed E-state index contributed by atoms with van der Waals surface area (Å²) in [6, 6.07) is 17.4. The molecule has 9 heteroatoms. The van der Waals surface area contributed by atoms with Crippen molar-refractivity contribution >= 4 is 35.0 Å². The molecule has 6 nitrogen and oxygen atoms in total. The fraction of sp³-hybridized carbons (Fsp3) is 0.0952. The summed E-state index contributed by atoms with van der Waals surface area (Å²) in [7, 11) is 0. The number of amides is 1. The molecule has 0 bridgehead atoms. The van der Waals surface area contributed by atoms with Crippen LogP contribution in [0.2, 0.25) is 5.02 Å². The van der Waals surface area contributed by atoms with E-state index in [-0.39, 0.29) is 17.3 Å². The number of halogens is 2. The van der Waals surface area contributed by atoms with E-state index >= 15 is 0 Å². The van der Waals surface area contributed by atoms with Gasteiger partial charge in [0.15, 0.2) is 10.9 Å². The van der Waals surface area contributed by atoms with Crippen molar-refractivity contribution in [2.24, 2.45) is 0 Å². The van der Waals surface area contributed by atoms with Crippen molar-refractivity contribution in [1.29, 1.82) is 0 Å². The predicted octanol–water partition coefficient (Wildman–Crippen LogP) is 5.11. The molecule has 1 N–H and O–H groups in total. The molecule has 2 aromatic carbocycles. The van der Waals surface area contributed by atoms with Gasteiger partial charge < -0.3 is 9.73 Å². The number of nitrogens with zero attached hydrogens (tertiary/aromatic N) is 3. The van der Waals surface area contributed by atoms with E-state index in [1.807, 2.05) is 34.9 Å². The highest BCUT2D eigenvalue weighted by atomic mass is 35.5. The van der Waals surface area contributed by atoms with E-state index < -0.39 is 5.82 Å². The molecular formula is C21H16ClFN4O2S. The first-order chi connectivity index (χ1) is 14.6. The average molecular weight is 443 g/mol. The van der Waals surface area contributed by atoms with Crippen LogP contribution in [0.4, 0.5) is 10.1 Å². The van der Waals surface area contributed by atoms with E-state index in [0.29, 0.717) is 28.3 Å². The molecule has 0 aliphatic carbocycles. The highest BCUT2D eigenvalue weighted by Gasteiger charge is 2.18. The van der Waals surface area contributed by atoms with Crippen LogP contribution in [0.5, 0.6) is 0 Å². The van der Waals surface area contributed by atoms with Gasteiger partial charge >= 0.3 is 0 Å². The molecule has 30 heavy (non-hydrogen) atoms. The van der Waals surface area contributed by atoms with Crippen molar-refractivity contribution in [3.63, 3.8) is 0 Å². The molecule has 0 fully saturated rings. The van der Waals surface area contributed by atoms with Crippen molar-refractivity contribution in [2.75, 3.05) is 11.1 Å². The van der Waals surface area contributed by atoms with E-state index in [2.05, 4.69) is 15.5 Å². The number of aromatic nitrogens is 3. The van der Waals surface area contributed by atoms with Gasteiger partial charge in [-0.3, -0.25) is 9.36 Å². The Hall–Kier alpha value is -3.10. The Morgan fingerprint density at radius 3 is 2.73 bits per heavy atom. The van der Waals surface area contributed by atoms with Gasteiger partial charge in [0.05, 0.1) is 24.2 Å². The molecule has 4 aromatic rings. The predicted molar refractivity (Wildman–Crippen MR) is 114 cm³/mol. The zero-order chi connectivity index (χ0) is 20.9. The highest BCUT2D eigenvalue weighted by Crippen LogP contribution is 2.26. The maximum Gasteiger partial charge on any atom is 0.234 e. The van der Waals surface area contributed by atoms with E-state index in [4.69, 9.17) is 16.0 Å². The Labute approximate surface area is 181 Å². The Morgan fingerprint density at radius 1 is 1.13 bits per heavy atom. The smallest absolute Gasteiger partial charge is 0.234 e. The van der Waals surface area contributed by atoms with Crippen LogP contribution < -0.4 is 5.32 Å². The van der Waals surface area contributed by atoms with Crippen molar-refractivity contribution in [1.82, 2.24) is 14.8 Å². The van der Waals surface area contributed by atoms with Gasteiger partial charge in [0.25, 0.3) is 0 Å². The van der Waals surface area contributed by atoms with E-state index in [1.165, 1.54) is 30.0 Å². The first-order valence-corrected chi connectivity index (χ1v) is 10.4. The van der Waals surface area contributed by atoms with Gasteiger partial charge in [0.1, 0.15) is 5.82 Å². The number of hydrogen-bond acceptors (Lipinski definition) is 5. The molecule has 0 unspecified atom stereocenters. The Morgan fingerprint density at radius 2 is 1.97 bits per heavy atom. The minimum Gasteiger partial charge on any atom is -0.461 e. The third-order valence-corrected chi connectivity index (χ3v) is 5.38. The third-order valence-electron chi connectivity index (χ3n) is 4.18. The molecule has 1 amide bonds. The zero-order valence-electron chi connectivity index (χ0n) is 15.6. The monoisotopic (exact) mass is 442 g/mol. The molecule has 152 valence electrons. The second kappa shape index (κ2) is 9.15. The zero-order valence-corrected chi connectivity index (χ0v) is 17.2. The van der Waals surface area contributed by atoms with Crippen molar-refractivity contribution in [3.05, 3.63) is 83.3 Å². The fourth-order valence-electron chi connectivity index (χ4n) is 2.80. The molecule has 0 spiro atoms. The van der Waals surface area contributed by atoms with Gasteiger partial charge in [-0.05, 0) is 35.9 Å². The number of anilines is 1. The average Bonchev–Trinajstić information content (AvgIpc) is 3.40. The van der Waals surface area contributed by atoms with Gasteiger partial charge in [-0.2, -0.15) is 0 Å². The number of rotatable bonds is 7. The summed E-state index contributed by atoms with van der Waals surface area (Å²) in [5.74, 6) is 0.236. The summed E-state index contributed by atoms with van der Waals surface area (Å²) in [6.07, 6.45) is 1.57. The van der Waals surface area contributed by atoms with Crippen LogP contribution in [-0.4, -0.2) is 26.4 Å². The number of benzene rings is 2. The highest BCUT2D eigenvalue weighted by molar-refractivity contribution is 7.99. The van der Waals surface area contributed by atoms with Crippen LogP contribution in [0.15, 0.2) is 76.5 Å². The minimum atomic E-state index is -0.551. The quantitative estimate of drug-likeness (QED) is 0.402. The maximum atomic E-state index is 13.8. The Kier molecular flexibility index (Phi) is 6.15. The lowest BCUT2D eigenvalue weighted by atomic mass is 10.2. The number of carbonyl (C=O) groups is 1. The molecule has 2 aromatic heterocycles.